The van der Waals surface area contributed by atoms with Crippen LogP contribution in [0.1, 0.15) is 36.2 Å². The van der Waals surface area contributed by atoms with E-state index in [0.29, 0.717) is 11.3 Å². The van der Waals surface area contributed by atoms with Gasteiger partial charge in [0, 0.05) is 30.6 Å². The molecule has 2 aliphatic rings. The minimum absolute atomic E-state index is 0.324. The van der Waals surface area contributed by atoms with E-state index in [9.17, 15) is 0 Å². The van der Waals surface area contributed by atoms with E-state index in [1.807, 2.05) is 10.9 Å². The Kier molecular flexibility index (Phi) is 1.95. The van der Waals surface area contributed by atoms with Gasteiger partial charge in [-0.2, -0.15) is 5.10 Å². The molecule has 1 saturated carbocycles. The van der Waals surface area contributed by atoms with Crippen LogP contribution in [0.2, 0.25) is 0 Å². The summed E-state index contributed by atoms with van der Waals surface area (Å²) in [5.41, 5.74) is 7.86. The van der Waals surface area contributed by atoms with Gasteiger partial charge in [-0.05, 0) is 12.8 Å². The molecule has 0 bridgehead atoms. The molecule has 76 valence electrons. The Morgan fingerprint density at radius 1 is 1.50 bits per heavy atom. The second kappa shape index (κ2) is 3.17. The van der Waals surface area contributed by atoms with Crippen molar-refractivity contribution in [3.63, 3.8) is 0 Å². The van der Waals surface area contributed by atoms with Crippen LogP contribution in [-0.2, 0) is 4.18 Å². The van der Waals surface area contributed by atoms with E-state index in [1.54, 1.807) is 0 Å². The van der Waals surface area contributed by atoms with Crippen LogP contribution < -0.4 is 5.73 Å². The van der Waals surface area contributed by atoms with E-state index in [-0.39, 0.29) is 0 Å². The molecular weight excluding hydrogens is 198 g/mol. The molecule has 2 N–H and O–H groups in total. The fourth-order valence-electron chi connectivity index (χ4n) is 1.74. The highest BCUT2D eigenvalue weighted by Gasteiger charge is 2.30. The monoisotopic (exact) mass is 211 g/mol. The van der Waals surface area contributed by atoms with Gasteiger partial charge in [0.15, 0.2) is 0 Å². The third kappa shape index (κ3) is 1.40. The van der Waals surface area contributed by atoms with Gasteiger partial charge < -0.3 is 9.92 Å². The Morgan fingerprint density at radius 3 is 3.00 bits per heavy atom. The lowest BCUT2D eigenvalue weighted by Crippen LogP contribution is -2.03. The minimum atomic E-state index is 0.324. The van der Waals surface area contributed by atoms with E-state index in [0.717, 1.165) is 24.4 Å². The maximum atomic E-state index is 5.92. The Hall–Kier alpha value is -0.680. The first kappa shape index (κ1) is 8.61. The Bertz CT molecular complexity index is 342. The number of nitrogens with zero attached hydrogens (tertiary/aromatic N) is 2. The molecule has 2 heterocycles. The van der Waals surface area contributed by atoms with Crippen molar-refractivity contribution >= 4 is 17.7 Å². The van der Waals surface area contributed by atoms with Crippen molar-refractivity contribution in [3.05, 3.63) is 11.9 Å². The highest BCUT2D eigenvalue weighted by Crippen LogP contribution is 2.43. The second-order valence-electron chi connectivity index (χ2n) is 3.89. The molecule has 0 radical (unpaired) electrons. The average molecular weight is 211 g/mol. The maximum Gasteiger partial charge on any atom is 0.125 e. The van der Waals surface area contributed by atoms with Crippen molar-refractivity contribution in [2.24, 2.45) is 0 Å². The maximum absolute atomic E-state index is 5.92. The van der Waals surface area contributed by atoms with Gasteiger partial charge in [0.25, 0.3) is 0 Å². The smallest absolute Gasteiger partial charge is 0.125 e. The summed E-state index contributed by atoms with van der Waals surface area (Å²) < 4.78 is 7.21. The number of hydrogen-bond donors (Lipinski definition) is 1. The molecule has 1 aliphatic carbocycles. The van der Waals surface area contributed by atoms with Gasteiger partial charge in [-0.15, -0.1) is 0 Å². The number of nitrogens with two attached hydrogens (primary N) is 1. The molecule has 0 spiro atoms. The van der Waals surface area contributed by atoms with Crippen molar-refractivity contribution in [2.75, 3.05) is 12.3 Å². The van der Waals surface area contributed by atoms with Crippen LogP contribution in [0.25, 0.3) is 0 Å². The molecule has 1 aromatic heterocycles. The van der Waals surface area contributed by atoms with Gasteiger partial charge in [-0.25, -0.2) is 0 Å². The summed E-state index contributed by atoms with van der Waals surface area (Å²) in [4.78, 5) is 0. The molecule has 1 aromatic rings. The Labute approximate surface area is 87.0 Å². The van der Waals surface area contributed by atoms with Gasteiger partial charge in [-0.3, -0.25) is 4.68 Å². The normalized spacial score (nSPS) is 27.0. The summed E-state index contributed by atoms with van der Waals surface area (Å²) in [7, 11) is 0. The number of anilines is 1. The van der Waals surface area contributed by atoms with Gasteiger partial charge in [0.05, 0.1) is 18.0 Å². The topological polar surface area (TPSA) is 53.1 Å². The SMILES string of the molecule is Nc1cn(C2CCOS2)nc1C1CC1. The fourth-order valence-corrected chi connectivity index (χ4v) is 2.48. The van der Waals surface area contributed by atoms with Gasteiger partial charge in [-0.1, -0.05) is 0 Å². The lowest BCUT2D eigenvalue weighted by atomic mass is 10.3. The summed E-state index contributed by atoms with van der Waals surface area (Å²) in [6.45, 7) is 0.813. The van der Waals surface area contributed by atoms with Gasteiger partial charge >= 0.3 is 0 Å². The van der Waals surface area contributed by atoms with Crippen molar-refractivity contribution in [2.45, 2.75) is 30.6 Å². The lowest BCUT2D eigenvalue weighted by Gasteiger charge is -2.05. The highest BCUT2D eigenvalue weighted by atomic mass is 32.2. The average Bonchev–Trinajstić information content (AvgIpc) is 2.75. The predicted molar refractivity (Wildman–Crippen MR) is 55.8 cm³/mol. The predicted octanol–water partition coefficient (Wildman–Crippen LogP) is 1.91. The molecule has 0 aromatic carbocycles. The van der Waals surface area contributed by atoms with E-state index in [2.05, 4.69) is 5.10 Å². The second-order valence-corrected chi connectivity index (χ2v) is 4.86. The van der Waals surface area contributed by atoms with Gasteiger partial charge in [0.2, 0.25) is 0 Å². The summed E-state index contributed by atoms with van der Waals surface area (Å²) in [5.74, 6) is 0.628. The van der Waals surface area contributed by atoms with E-state index in [4.69, 9.17) is 9.92 Å². The molecule has 2 fully saturated rings. The molecule has 4 nitrogen and oxygen atoms in total. The number of nitrogen functional groups attached to an aromatic ring is 1. The summed E-state index contributed by atoms with van der Waals surface area (Å²) in [6, 6.07) is 0. The first-order chi connectivity index (χ1) is 6.84. The van der Waals surface area contributed by atoms with Crippen LogP contribution in [0.4, 0.5) is 5.69 Å². The molecule has 1 saturated heterocycles. The summed E-state index contributed by atoms with van der Waals surface area (Å²) in [5, 5.41) is 4.87. The van der Waals surface area contributed by atoms with Crippen molar-refractivity contribution in [1.29, 1.82) is 0 Å². The Morgan fingerprint density at radius 2 is 2.36 bits per heavy atom. The number of rotatable bonds is 2. The quantitative estimate of drug-likeness (QED) is 0.759. The zero-order chi connectivity index (χ0) is 9.54. The first-order valence-electron chi connectivity index (χ1n) is 4.97. The van der Waals surface area contributed by atoms with Crippen molar-refractivity contribution < 1.29 is 4.18 Å². The van der Waals surface area contributed by atoms with Crippen LogP contribution in [0.3, 0.4) is 0 Å². The van der Waals surface area contributed by atoms with Crippen LogP contribution in [0, 0.1) is 0 Å². The fraction of sp³-hybridized carbons (Fsp3) is 0.667. The molecule has 1 atom stereocenters. The first-order valence-corrected chi connectivity index (χ1v) is 5.78. The largest absolute Gasteiger partial charge is 0.396 e. The molecule has 5 heteroatoms. The standard InChI is InChI=1S/C9H13N3OS/c10-7-5-12(8-3-4-13-14-8)11-9(7)6-1-2-6/h5-6,8H,1-4,10H2. The molecule has 1 aliphatic heterocycles. The number of aromatic nitrogens is 2. The van der Waals surface area contributed by atoms with Crippen LogP contribution in [0.5, 0.6) is 0 Å². The van der Waals surface area contributed by atoms with Crippen LogP contribution in [0.15, 0.2) is 6.20 Å². The van der Waals surface area contributed by atoms with E-state index >= 15 is 0 Å². The summed E-state index contributed by atoms with van der Waals surface area (Å²) >= 11 is 1.49. The molecule has 14 heavy (non-hydrogen) atoms. The molecule has 1 unspecified atom stereocenters. The van der Waals surface area contributed by atoms with E-state index in [1.165, 1.54) is 24.9 Å². The Balaban J connectivity index is 1.87. The molecule has 0 amide bonds. The third-order valence-electron chi connectivity index (χ3n) is 2.68. The van der Waals surface area contributed by atoms with Crippen molar-refractivity contribution in [3.8, 4) is 0 Å². The van der Waals surface area contributed by atoms with E-state index < -0.39 is 0 Å². The number of hydrogen-bond acceptors (Lipinski definition) is 4. The van der Waals surface area contributed by atoms with Crippen LogP contribution >= 0.6 is 12.0 Å². The van der Waals surface area contributed by atoms with Gasteiger partial charge in [0.1, 0.15) is 5.37 Å². The third-order valence-corrected chi connectivity index (χ3v) is 3.65. The zero-order valence-electron chi connectivity index (χ0n) is 7.85. The van der Waals surface area contributed by atoms with Crippen LogP contribution in [-0.4, -0.2) is 16.4 Å². The zero-order valence-corrected chi connectivity index (χ0v) is 8.67. The lowest BCUT2D eigenvalue weighted by molar-refractivity contribution is 0.394. The van der Waals surface area contributed by atoms with Crippen molar-refractivity contribution in [1.82, 2.24) is 9.78 Å². The highest BCUT2D eigenvalue weighted by molar-refractivity contribution is 7.94. The minimum Gasteiger partial charge on any atom is -0.396 e. The summed E-state index contributed by atoms with van der Waals surface area (Å²) in [6.07, 6.45) is 5.46. The molecular formula is C9H13N3OS. The molecule has 3 rings (SSSR count).